The van der Waals surface area contributed by atoms with E-state index in [1.165, 1.54) is 0 Å². The molecule has 0 saturated heterocycles. The van der Waals surface area contributed by atoms with E-state index in [0.717, 1.165) is 23.5 Å². The highest BCUT2D eigenvalue weighted by atomic mass is 35.5. The van der Waals surface area contributed by atoms with Crippen molar-refractivity contribution in [1.29, 1.82) is 0 Å². The third kappa shape index (κ3) is 2.81. The number of halogens is 1. The Hall–Kier alpha value is -0.890. The summed E-state index contributed by atoms with van der Waals surface area (Å²) < 4.78 is 10.7. The van der Waals surface area contributed by atoms with Crippen molar-refractivity contribution in [2.24, 2.45) is 0 Å². The summed E-state index contributed by atoms with van der Waals surface area (Å²) >= 11 is 5.73. The predicted molar refractivity (Wildman–Crippen MR) is 58.3 cm³/mol. The summed E-state index contributed by atoms with van der Waals surface area (Å²) in [4.78, 5) is 0. The first-order valence-corrected chi connectivity index (χ1v) is 5.21. The zero-order valence-electron chi connectivity index (χ0n) is 8.55. The molecule has 0 amide bonds. The molecule has 1 rings (SSSR count). The van der Waals surface area contributed by atoms with E-state index >= 15 is 0 Å². The van der Waals surface area contributed by atoms with E-state index in [2.05, 4.69) is 6.92 Å². The summed E-state index contributed by atoms with van der Waals surface area (Å²) in [5.41, 5.74) is 1.04. The Labute approximate surface area is 89.8 Å². The summed E-state index contributed by atoms with van der Waals surface area (Å²) in [5, 5.41) is 0. The largest absolute Gasteiger partial charge is 0.493 e. The fraction of sp³-hybridized carbons (Fsp3) is 0.455. The summed E-state index contributed by atoms with van der Waals surface area (Å²) in [6, 6.07) is 5.73. The van der Waals surface area contributed by atoms with Crippen LogP contribution in [0, 0.1) is 0 Å². The molecule has 0 unspecified atom stereocenters. The van der Waals surface area contributed by atoms with Crippen LogP contribution >= 0.6 is 11.6 Å². The lowest BCUT2D eigenvalue weighted by atomic mass is 10.2. The molecule has 0 atom stereocenters. The van der Waals surface area contributed by atoms with Gasteiger partial charge in [-0.1, -0.05) is 13.0 Å². The van der Waals surface area contributed by atoms with Crippen molar-refractivity contribution in [3.05, 3.63) is 23.8 Å². The molecule has 3 heteroatoms. The maximum Gasteiger partial charge on any atom is 0.161 e. The van der Waals surface area contributed by atoms with Crippen LogP contribution < -0.4 is 9.47 Å². The van der Waals surface area contributed by atoms with Gasteiger partial charge in [-0.25, -0.2) is 0 Å². The van der Waals surface area contributed by atoms with Crippen molar-refractivity contribution in [2.75, 3.05) is 13.7 Å². The van der Waals surface area contributed by atoms with Gasteiger partial charge in [-0.05, 0) is 24.1 Å². The molecule has 0 saturated carbocycles. The van der Waals surface area contributed by atoms with E-state index in [1.807, 2.05) is 18.2 Å². The number of rotatable bonds is 5. The smallest absolute Gasteiger partial charge is 0.161 e. The average Bonchev–Trinajstić information content (AvgIpc) is 2.25. The summed E-state index contributed by atoms with van der Waals surface area (Å²) in [5.74, 6) is 2.02. The molecular formula is C11H15ClO2. The molecule has 0 aliphatic heterocycles. The molecule has 0 fully saturated rings. The van der Waals surface area contributed by atoms with Crippen molar-refractivity contribution >= 4 is 11.6 Å². The van der Waals surface area contributed by atoms with Crippen molar-refractivity contribution in [3.8, 4) is 11.5 Å². The Morgan fingerprint density at radius 3 is 2.64 bits per heavy atom. The van der Waals surface area contributed by atoms with Gasteiger partial charge >= 0.3 is 0 Å². The minimum atomic E-state index is 0.493. The van der Waals surface area contributed by atoms with Gasteiger partial charge in [0.05, 0.1) is 13.7 Å². The van der Waals surface area contributed by atoms with Crippen molar-refractivity contribution < 1.29 is 9.47 Å². The number of hydrogen-bond donors (Lipinski definition) is 0. The molecule has 0 N–H and O–H groups in total. The Morgan fingerprint density at radius 2 is 2.07 bits per heavy atom. The molecule has 2 nitrogen and oxygen atoms in total. The molecule has 0 bridgehead atoms. The summed E-state index contributed by atoms with van der Waals surface area (Å²) in [6.45, 7) is 2.76. The lowest BCUT2D eigenvalue weighted by molar-refractivity contribution is 0.294. The highest BCUT2D eigenvalue weighted by Crippen LogP contribution is 2.28. The van der Waals surface area contributed by atoms with Crippen molar-refractivity contribution in [3.63, 3.8) is 0 Å². The van der Waals surface area contributed by atoms with Gasteiger partial charge in [-0.15, -0.1) is 11.6 Å². The van der Waals surface area contributed by atoms with Gasteiger partial charge in [-0.3, -0.25) is 0 Å². The molecule has 1 aromatic carbocycles. The fourth-order valence-electron chi connectivity index (χ4n) is 1.13. The molecular weight excluding hydrogens is 200 g/mol. The SMILES string of the molecule is CCCOc1cc(CCl)ccc1OC. The maximum atomic E-state index is 5.73. The van der Waals surface area contributed by atoms with E-state index in [-0.39, 0.29) is 0 Å². The molecule has 0 aliphatic rings. The minimum Gasteiger partial charge on any atom is -0.493 e. The fourth-order valence-corrected chi connectivity index (χ4v) is 1.30. The topological polar surface area (TPSA) is 18.5 Å². The van der Waals surface area contributed by atoms with Crippen LogP contribution in [0.5, 0.6) is 11.5 Å². The first kappa shape index (κ1) is 11.2. The van der Waals surface area contributed by atoms with E-state index in [0.29, 0.717) is 12.5 Å². The number of hydrogen-bond acceptors (Lipinski definition) is 2. The molecule has 0 radical (unpaired) electrons. The Bertz CT molecular complexity index is 287. The summed E-state index contributed by atoms with van der Waals surface area (Å²) in [6.07, 6.45) is 0.980. The van der Waals surface area contributed by atoms with Crippen LogP contribution in [-0.4, -0.2) is 13.7 Å². The van der Waals surface area contributed by atoms with E-state index < -0.39 is 0 Å². The number of alkyl halides is 1. The Kier molecular flexibility index (Phi) is 4.60. The first-order chi connectivity index (χ1) is 6.81. The summed E-state index contributed by atoms with van der Waals surface area (Å²) in [7, 11) is 1.63. The molecule has 1 aromatic rings. The number of benzene rings is 1. The lowest BCUT2D eigenvalue weighted by Crippen LogP contribution is -1.98. The van der Waals surface area contributed by atoms with Gasteiger partial charge in [0.25, 0.3) is 0 Å². The molecule has 0 heterocycles. The highest BCUT2D eigenvalue weighted by Gasteiger charge is 2.04. The van der Waals surface area contributed by atoms with Crippen LogP contribution in [0.15, 0.2) is 18.2 Å². The van der Waals surface area contributed by atoms with Crippen molar-refractivity contribution in [2.45, 2.75) is 19.2 Å². The molecule has 78 valence electrons. The van der Waals surface area contributed by atoms with Crippen LogP contribution in [0.4, 0.5) is 0 Å². The zero-order chi connectivity index (χ0) is 10.4. The van der Waals surface area contributed by atoms with E-state index in [1.54, 1.807) is 7.11 Å². The van der Waals surface area contributed by atoms with Gasteiger partial charge in [0.15, 0.2) is 11.5 Å². The van der Waals surface area contributed by atoms with E-state index in [4.69, 9.17) is 21.1 Å². The van der Waals surface area contributed by atoms with Gasteiger partial charge in [0, 0.05) is 5.88 Å². The standard InChI is InChI=1S/C11H15ClO2/c1-3-6-14-11-7-9(8-12)4-5-10(11)13-2/h4-5,7H,3,6,8H2,1-2H3. The first-order valence-electron chi connectivity index (χ1n) is 4.67. The molecule has 0 aliphatic carbocycles. The van der Waals surface area contributed by atoms with Gasteiger partial charge in [0.2, 0.25) is 0 Å². The second-order valence-electron chi connectivity index (χ2n) is 2.97. The predicted octanol–water partition coefficient (Wildman–Crippen LogP) is 3.22. The maximum absolute atomic E-state index is 5.73. The average molecular weight is 215 g/mol. The van der Waals surface area contributed by atoms with Crippen LogP contribution in [0.3, 0.4) is 0 Å². The van der Waals surface area contributed by atoms with Crippen LogP contribution in [0.1, 0.15) is 18.9 Å². The van der Waals surface area contributed by atoms with Crippen LogP contribution in [0.2, 0.25) is 0 Å². The van der Waals surface area contributed by atoms with Crippen LogP contribution in [-0.2, 0) is 5.88 Å². The quantitative estimate of drug-likeness (QED) is 0.701. The highest BCUT2D eigenvalue weighted by molar-refractivity contribution is 6.17. The molecule has 14 heavy (non-hydrogen) atoms. The monoisotopic (exact) mass is 214 g/mol. The molecule has 0 spiro atoms. The Morgan fingerprint density at radius 1 is 1.29 bits per heavy atom. The normalized spacial score (nSPS) is 9.93. The van der Waals surface area contributed by atoms with Crippen molar-refractivity contribution in [1.82, 2.24) is 0 Å². The van der Waals surface area contributed by atoms with Gasteiger partial charge in [-0.2, -0.15) is 0 Å². The van der Waals surface area contributed by atoms with Gasteiger partial charge in [0.1, 0.15) is 0 Å². The van der Waals surface area contributed by atoms with Crippen LogP contribution in [0.25, 0.3) is 0 Å². The second-order valence-corrected chi connectivity index (χ2v) is 3.23. The molecule has 0 aromatic heterocycles. The third-order valence-electron chi connectivity index (χ3n) is 1.84. The number of methoxy groups -OCH3 is 1. The Balaban J connectivity index is 2.84. The second kappa shape index (κ2) is 5.76. The van der Waals surface area contributed by atoms with E-state index in [9.17, 15) is 0 Å². The zero-order valence-corrected chi connectivity index (χ0v) is 9.30. The number of ether oxygens (including phenoxy) is 2. The van der Waals surface area contributed by atoms with Gasteiger partial charge < -0.3 is 9.47 Å². The third-order valence-corrected chi connectivity index (χ3v) is 2.15. The minimum absolute atomic E-state index is 0.493. The lowest BCUT2D eigenvalue weighted by Gasteiger charge is -2.10.